The average Bonchev–Trinajstić information content (AvgIpc) is 3.20. The number of methoxy groups -OCH3 is 1. The molecule has 3 saturated heterocycles. The van der Waals surface area contributed by atoms with Crippen LogP contribution in [0.1, 0.15) is 100 Å². The van der Waals surface area contributed by atoms with Crippen molar-refractivity contribution in [3.8, 4) is 0 Å². The molecule has 62 heavy (non-hydrogen) atoms. The summed E-state index contributed by atoms with van der Waals surface area (Å²) in [4.78, 5) is 36.1. The molecule has 1 aromatic rings. The summed E-state index contributed by atoms with van der Waals surface area (Å²) >= 11 is 0. The van der Waals surface area contributed by atoms with Gasteiger partial charge in [0.15, 0.2) is 18.7 Å². The van der Waals surface area contributed by atoms with Gasteiger partial charge in [0.1, 0.15) is 23.9 Å². The lowest BCUT2D eigenvalue weighted by atomic mass is 9.77. The Morgan fingerprint density at radius 3 is 2.31 bits per heavy atom. The number of aliphatic hydroxyl groups is 4. The standard InChI is InChI=1S/C45H78N4O13/c1-15-33-45(10,55)39(62-42(53)47-23-31-17-16-18-46-22-31)29(6)49(13)24-25(2)20-43(8,54)38(61-41-35(50)32(48(11)12)19-26(3)57-41)27(4)36(28(5)40(52)59-33)60-34-21-44(9,56-14)37(51)30(7)58-34/h16-18,22,25-30,32-39,41,50-51,54-55H,15,19-21,23-24H2,1-14H3,(H,47,53)/t25-,26-,27+,28-,29-,30+,32+,33-,34+,35-,36+,37+,38-,39-,41+,43-,44-,45-/m1/s1. The number of nitrogens with zero attached hydrogens (tertiary/aromatic N) is 3. The van der Waals surface area contributed by atoms with E-state index in [1.807, 2.05) is 64.7 Å². The highest BCUT2D eigenvalue weighted by atomic mass is 16.7. The van der Waals surface area contributed by atoms with Crippen LogP contribution in [0.5, 0.6) is 0 Å². The Balaban J connectivity index is 1.80. The number of pyridine rings is 1. The van der Waals surface area contributed by atoms with Crippen molar-refractivity contribution in [2.75, 3.05) is 34.8 Å². The first-order chi connectivity index (χ1) is 28.9. The van der Waals surface area contributed by atoms with Crippen LogP contribution in [0.2, 0.25) is 0 Å². The van der Waals surface area contributed by atoms with Crippen molar-refractivity contribution in [3.05, 3.63) is 30.1 Å². The minimum Gasteiger partial charge on any atom is -0.459 e. The van der Waals surface area contributed by atoms with E-state index in [1.54, 1.807) is 53.1 Å². The molecule has 0 saturated carbocycles. The molecule has 0 aromatic carbocycles. The van der Waals surface area contributed by atoms with E-state index in [1.165, 1.54) is 14.0 Å². The van der Waals surface area contributed by atoms with Gasteiger partial charge in [0.25, 0.3) is 0 Å². The normalized spacial score (nSPS) is 43.3. The molecule has 18 atom stereocenters. The fourth-order valence-electron chi connectivity index (χ4n) is 9.77. The number of alkyl carbamates (subject to hydrolysis) is 1. The van der Waals surface area contributed by atoms with Gasteiger partial charge in [-0.3, -0.25) is 14.7 Å². The Labute approximate surface area is 369 Å². The van der Waals surface area contributed by atoms with Crippen LogP contribution in [0.4, 0.5) is 4.79 Å². The predicted molar refractivity (Wildman–Crippen MR) is 230 cm³/mol. The number of likely N-dealkylation sites (N-methyl/N-ethyl adjacent to an activating group) is 2. The van der Waals surface area contributed by atoms with Crippen LogP contribution in [-0.4, -0.2) is 172 Å². The van der Waals surface area contributed by atoms with Gasteiger partial charge in [0.05, 0.1) is 41.5 Å². The van der Waals surface area contributed by atoms with Crippen molar-refractivity contribution >= 4 is 12.1 Å². The van der Waals surface area contributed by atoms with Gasteiger partial charge in [0, 0.05) is 57.0 Å². The molecular weight excluding hydrogens is 805 g/mol. The number of cyclic esters (lactones) is 1. The third kappa shape index (κ3) is 12.4. The lowest BCUT2D eigenvalue weighted by molar-refractivity contribution is -0.318. The molecule has 1 amide bonds. The molecule has 0 aliphatic carbocycles. The van der Waals surface area contributed by atoms with Gasteiger partial charge in [-0.15, -0.1) is 0 Å². The highest BCUT2D eigenvalue weighted by Crippen LogP contribution is 2.40. The number of carbonyl (C=O) groups is 2. The number of carbonyl (C=O) groups excluding carboxylic acids is 2. The zero-order chi connectivity index (χ0) is 46.5. The molecule has 0 spiro atoms. The number of rotatable bonds is 10. The van der Waals surface area contributed by atoms with E-state index in [0.29, 0.717) is 13.0 Å². The van der Waals surface area contributed by atoms with Crippen LogP contribution in [0.3, 0.4) is 0 Å². The maximum absolute atomic E-state index is 14.6. The number of ether oxygens (including phenoxy) is 7. The van der Waals surface area contributed by atoms with Gasteiger partial charge in [-0.25, -0.2) is 4.79 Å². The number of hydrogen-bond donors (Lipinski definition) is 5. The zero-order valence-corrected chi connectivity index (χ0v) is 39.5. The summed E-state index contributed by atoms with van der Waals surface area (Å²) in [6, 6.07) is 2.65. The van der Waals surface area contributed by atoms with Gasteiger partial charge in [-0.1, -0.05) is 26.8 Å². The van der Waals surface area contributed by atoms with Crippen LogP contribution in [0, 0.1) is 17.8 Å². The van der Waals surface area contributed by atoms with Gasteiger partial charge in [-0.2, -0.15) is 0 Å². The van der Waals surface area contributed by atoms with Crippen LogP contribution in [-0.2, 0) is 44.5 Å². The van der Waals surface area contributed by atoms with Crippen molar-refractivity contribution in [3.63, 3.8) is 0 Å². The summed E-state index contributed by atoms with van der Waals surface area (Å²) in [7, 11) is 7.10. The van der Waals surface area contributed by atoms with Gasteiger partial charge in [0.2, 0.25) is 0 Å². The molecule has 356 valence electrons. The SMILES string of the molecule is CC[C@H]1OC(=O)[C@H](C)[C@@H](O[C@H]2C[C@@](C)(OC)[C@@H](O)[C@H](C)O2)[C@H](C)[C@@H](O[C@@H]2O[C@H](C)C[C@H](N(C)C)[C@H]2O)[C@](C)(O)C[C@@H](C)CN(C)[C@H](C)[C@@H](OC(=O)NCc2cccnc2)[C@]1(C)O. The number of aromatic nitrogens is 1. The van der Waals surface area contributed by atoms with E-state index in [4.69, 9.17) is 33.2 Å². The van der Waals surface area contributed by atoms with Crippen LogP contribution in [0.25, 0.3) is 0 Å². The second-order valence-electron chi connectivity index (χ2n) is 19.3. The van der Waals surface area contributed by atoms with Crippen LogP contribution < -0.4 is 5.32 Å². The topological polar surface area (TPSA) is 211 Å². The Hall–Kier alpha value is -2.55. The van der Waals surface area contributed by atoms with E-state index in [9.17, 15) is 30.0 Å². The number of nitrogens with one attached hydrogen (secondary N) is 1. The number of hydrogen-bond acceptors (Lipinski definition) is 16. The third-order valence-electron chi connectivity index (χ3n) is 13.6. The molecule has 1 aromatic heterocycles. The first-order valence-electron chi connectivity index (χ1n) is 22.2. The van der Waals surface area contributed by atoms with Crippen molar-refractivity contribution in [2.45, 2.75) is 192 Å². The average molecular weight is 883 g/mol. The predicted octanol–water partition coefficient (Wildman–Crippen LogP) is 3.23. The number of esters is 1. The molecule has 4 rings (SSSR count). The Morgan fingerprint density at radius 2 is 1.71 bits per heavy atom. The molecule has 4 heterocycles. The summed E-state index contributed by atoms with van der Waals surface area (Å²) in [5, 5.41) is 50.7. The number of aliphatic hydroxyl groups excluding tert-OH is 2. The van der Waals surface area contributed by atoms with Crippen molar-refractivity contribution in [2.24, 2.45) is 17.8 Å². The highest BCUT2D eigenvalue weighted by Gasteiger charge is 2.53. The molecule has 3 aliphatic heterocycles. The quantitative estimate of drug-likeness (QED) is 0.214. The van der Waals surface area contributed by atoms with Gasteiger partial charge in [-0.05, 0) is 106 Å². The molecule has 17 heteroatoms. The zero-order valence-electron chi connectivity index (χ0n) is 39.5. The third-order valence-corrected chi connectivity index (χ3v) is 13.6. The molecule has 3 fully saturated rings. The van der Waals surface area contributed by atoms with Crippen LogP contribution >= 0.6 is 0 Å². The Bertz CT molecular complexity index is 1570. The van der Waals surface area contributed by atoms with E-state index in [2.05, 4.69) is 10.3 Å². The Morgan fingerprint density at radius 1 is 1.03 bits per heavy atom. The van der Waals surface area contributed by atoms with Crippen LogP contribution in [0.15, 0.2) is 24.5 Å². The monoisotopic (exact) mass is 883 g/mol. The first-order valence-corrected chi connectivity index (χ1v) is 22.2. The maximum Gasteiger partial charge on any atom is 0.407 e. The van der Waals surface area contributed by atoms with Crippen molar-refractivity contribution in [1.29, 1.82) is 0 Å². The van der Waals surface area contributed by atoms with Gasteiger partial charge < -0.3 is 63.8 Å². The fraction of sp³-hybridized carbons (Fsp3) is 0.844. The summed E-state index contributed by atoms with van der Waals surface area (Å²) in [6.07, 6.45) is -6.25. The maximum atomic E-state index is 14.6. The lowest BCUT2D eigenvalue weighted by Crippen LogP contribution is -2.61. The molecule has 17 nitrogen and oxygen atoms in total. The fourth-order valence-corrected chi connectivity index (χ4v) is 9.77. The van der Waals surface area contributed by atoms with E-state index >= 15 is 0 Å². The lowest BCUT2D eigenvalue weighted by Gasteiger charge is -2.48. The molecule has 0 bridgehead atoms. The molecule has 5 N–H and O–H groups in total. The summed E-state index contributed by atoms with van der Waals surface area (Å²) < 4.78 is 44.1. The minimum absolute atomic E-state index is 0.101. The second-order valence-corrected chi connectivity index (χ2v) is 19.3. The Kier molecular flexibility index (Phi) is 18.2. The summed E-state index contributed by atoms with van der Waals surface area (Å²) in [5.74, 6) is -2.83. The molecular formula is C45H78N4O13. The molecule has 0 unspecified atom stereocenters. The molecule has 3 aliphatic rings. The summed E-state index contributed by atoms with van der Waals surface area (Å²) in [5.41, 5.74) is -3.83. The van der Waals surface area contributed by atoms with Crippen molar-refractivity contribution in [1.82, 2.24) is 20.1 Å². The minimum atomic E-state index is -1.90. The largest absolute Gasteiger partial charge is 0.459 e. The number of amides is 1. The van der Waals surface area contributed by atoms with E-state index in [0.717, 1.165) is 5.56 Å². The van der Waals surface area contributed by atoms with Crippen molar-refractivity contribution < 1.29 is 63.2 Å². The summed E-state index contributed by atoms with van der Waals surface area (Å²) in [6.45, 7) is 18.1. The second kappa shape index (κ2) is 21.6. The van der Waals surface area contributed by atoms with E-state index < -0.39 is 102 Å². The highest BCUT2D eigenvalue weighted by molar-refractivity contribution is 5.73. The first kappa shape index (κ1) is 52.1. The van der Waals surface area contributed by atoms with Gasteiger partial charge >= 0.3 is 12.1 Å². The molecule has 0 radical (unpaired) electrons. The van der Waals surface area contributed by atoms with E-state index in [-0.39, 0.29) is 43.9 Å². The smallest absolute Gasteiger partial charge is 0.407 e.